The molecule has 0 saturated carbocycles. The van der Waals surface area contributed by atoms with Crippen LogP contribution in [0.1, 0.15) is 26.7 Å². The fraction of sp³-hybridized carbons (Fsp3) is 0.917. The molecule has 0 spiro atoms. The zero-order valence-electron chi connectivity index (χ0n) is 11.5. The molecule has 1 fully saturated rings. The highest BCUT2D eigenvalue weighted by atomic mass is 32.2. The fourth-order valence-corrected chi connectivity index (χ4v) is 3.30. The zero-order chi connectivity index (χ0) is 13.8. The van der Waals surface area contributed by atoms with Gasteiger partial charge in [-0.3, -0.25) is 4.90 Å². The molecule has 0 aromatic heterocycles. The minimum Gasteiger partial charge on any atom is -0.288 e. The van der Waals surface area contributed by atoms with Crippen molar-refractivity contribution in [2.75, 3.05) is 32.4 Å². The maximum absolute atomic E-state index is 11.5. The molecule has 1 unspecified atom stereocenters. The number of hydrogen-bond donors (Lipinski definition) is 0. The summed E-state index contributed by atoms with van der Waals surface area (Å²) in [5, 5.41) is 8.80. The molecule has 1 aliphatic heterocycles. The minimum atomic E-state index is -3.08. The second-order valence-corrected chi connectivity index (χ2v) is 7.29. The number of hydrogen-bond acceptors (Lipinski definition) is 4. The average molecular weight is 273 g/mol. The molecule has 0 aromatic carbocycles. The van der Waals surface area contributed by atoms with Crippen molar-refractivity contribution >= 4 is 10.0 Å². The molecule has 18 heavy (non-hydrogen) atoms. The van der Waals surface area contributed by atoms with E-state index in [9.17, 15) is 8.42 Å². The van der Waals surface area contributed by atoms with Crippen molar-refractivity contribution in [1.29, 1.82) is 5.26 Å². The van der Waals surface area contributed by atoms with Gasteiger partial charge in [0, 0.05) is 25.7 Å². The minimum absolute atomic E-state index is 0.318. The number of nitrogens with zero attached hydrogens (tertiary/aromatic N) is 3. The molecular weight excluding hydrogens is 250 g/mol. The van der Waals surface area contributed by atoms with Gasteiger partial charge in [0.05, 0.1) is 18.9 Å². The van der Waals surface area contributed by atoms with E-state index in [2.05, 4.69) is 24.8 Å². The van der Waals surface area contributed by atoms with E-state index in [-0.39, 0.29) is 0 Å². The maximum atomic E-state index is 11.5. The smallest absolute Gasteiger partial charge is 0.211 e. The molecule has 6 heteroatoms. The van der Waals surface area contributed by atoms with Gasteiger partial charge in [-0.2, -0.15) is 5.26 Å². The van der Waals surface area contributed by atoms with Gasteiger partial charge in [-0.1, -0.05) is 0 Å². The molecule has 1 heterocycles. The largest absolute Gasteiger partial charge is 0.288 e. The third-order valence-electron chi connectivity index (χ3n) is 3.45. The first kappa shape index (κ1) is 15.4. The Morgan fingerprint density at radius 3 is 2.67 bits per heavy atom. The highest BCUT2D eigenvalue weighted by Crippen LogP contribution is 2.20. The van der Waals surface area contributed by atoms with E-state index < -0.39 is 10.0 Å². The standard InChI is InChI=1S/C12H23N3O2S/c1-11(2)14(8-6-13)9-12-5-4-7-15(10-12)18(3,16)17/h11-12H,4-5,7-10H2,1-3H3. The van der Waals surface area contributed by atoms with Gasteiger partial charge < -0.3 is 0 Å². The molecule has 1 saturated heterocycles. The van der Waals surface area contributed by atoms with Crippen LogP contribution >= 0.6 is 0 Å². The Bertz CT molecular complexity index is 400. The molecule has 1 rings (SSSR count). The van der Waals surface area contributed by atoms with Crippen LogP contribution in [0, 0.1) is 17.2 Å². The predicted octanol–water partition coefficient (Wildman–Crippen LogP) is 0.892. The van der Waals surface area contributed by atoms with Crippen molar-refractivity contribution in [2.24, 2.45) is 5.92 Å². The first-order valence-electron chi connectivity index (χ1n) is 6.40. The van der Waals surface area contributed by atoms with Crippen molar-refractivity contribution < 1.29 is 8.42 Å². The van der Waals surface area contributed by atoms with Crippen LogP contribution in [0.4, 0.5) is 0 Å². The monoisotopic (exact) mass is 273 g/mol. The quantitative estimate of drug-likeness (QED) is 0.698. The van der Waals surface area contributed by atoms with Gasteiger partial charge in [-0.25, -0.2) is 12.7 Å². The molecular formula is C12H23N3O2S. The molecule has 104 valence electrons. The van der Waals surface area contributed by atoms with Crippen molar-refractivity contribution in [3.8, 4) is 6.07 Å². The zero-order valence-corrected chi connectivity index (χ0v) is 12.3. The van der Waals surface area contributed by atoms with E-state index in [0.29, 0.717) is 31.6 Å². The Morgan fingerprint density at radius 1 is 1.50 bits per heavy atom. The summed E-state index contributed by atoms with van der Waals surface area (Å²) in [4.78, 5) is 2.11. The normalized spacial score (nSPS) is 22.3. The predicted molar refractivity (Wildman–Crippen MR) is 71.5 cm³/mol. The van der Waals surface area contributed by atoms with Crippen LogP contribution in [-0.4, -0.2) is 56.1 Å². The summed E-state index contributed by atoms with van der Waals surface area (Å²) in [6.07, 6.45) is 3.22. The maximum Gasteiger partial charge on any atom is 0.211 e. The third-order valence-corrected chi connectivity index (χ3v) is 4.72. The van der Waals surface area contributed by atoms with Crippen LogP contribution in [0.2, 0.25) is 0 Å². The molecule has 0 N–H and O–H groups in total. The topological polar surface area (TPSA) is 64.4 Å². The third kappa shape index (κ3) is 4.56. The van der Waals surface area contributed by atoms with E-state index in [1.807, 2.05) is 0 Å². The van der Waals surface area contributed by atoms with Gasteiger partial charge in [0.1, 0.15) is 0 Å². The lowest BCUT2D eigenvalue weighted by Crippen LogP contribution is -2.44. The molecule has 0 amide bonds. The van der Waals surface area contributed by atoms with Crippen LogP contribution < -0.4 is 0 Å². The Hall–Kier alpha value is -0.640. The van der Waals surface area contributed by atoms with Gasteiger partial charge in [-0.15, -0.1) is 0 Å². The van der Waals surface area contributed by atoms with Gasteiger partial charge in [0.2, 0.25) is 10.0 Å². The van der Waals surface area contributed by atoms with E-state index >= 15 is 0 Å². The lowest BCUT2D eigenvalue weighted by Gasteiger charge is -2.35. The van der Waals surface area contributed by atoms with Crippen molar-refractivity contribution in [1.82, 2.24) is 9.21 Å². The summed E-state index contributed by atoms with van der Waals surface area (Å²) in [6.45, 7) is 6.57. The van der Waals surface area contributed by atoms with Gasteiger partial charge in [-0.05, 0) is 32.6 Å². The summed E-state index contributed by atoms with van der Waals surface area (Å²) in [6, 6.07) is 2.49. The molecule has 0 bridgehead atoms. The summed E-state index contributed by atoms with van der Waals surface area (Å²) in [7, 11) is -3.08. The van der Waals surface area contributed by atoms with Crippen LogP contribution in [-0.2, 0) is 10.0 Å². The second-order valence-electron chi connectivity index (χ2n) is 5.31. The molecule has 0 radical (unpaired) electrons. The van der Waals surface area contributed by atoms with Crippen molar-refractivity contribution in [3.05, 3.63) is 0 Å². The average Bonchev–Trinajstić information content (AvgIpc) is 2.27. The fourth-order valence-electron chi connectivity index (χ4n) is 2.36. The van der Waals surface area contributed by atoms with Crippen LogP contribution in [0.25, 0.3) is 0 Å². The second kappa shape index (κ2) is 6.50. The lowest BCUT2D eigenvalue weighted by atomic mass is 9.98. The first-order chi connectivity index (χ1) is 8.34. The van der Waals surface area contributed by atoms with E-state index in [1.165, 1.54) is 6.26 Å². The Balaban J connectivity index is 2.59. The van der Waals surface area contributed by atoms with E-state index in [4.69, 9.17) is 5.26 Å². The molecule has 0 aliphatic carbocycles. The van der Waals surface area contributed by atoms with E-state index in [1.54, 1.807) is 4.31 Å². The van der Waals surface area contributed by atoms with Crippen LogP contribution in [0.3, 0.4) is 0 Å². The Labute approximate surface area is 110 Å². The number of nitriles is 1. The summed E-state index contributed by atoms with van der Waals surface area (Å²) in [5.41, 5.74) is 0. The Kier molecular flexibility index (Phi) is 5.57. The highest BCUT2D eigenvalue weighted by molar-refractivity contribution is 7.88. The number of sulfonamides is 1. The Morgan fingerprint density at radius 2 is 2.17 bits per heavy atom. The van der Waals surface area contributed by atoms with Crippen LogP contribution in [0.5, 0.6) is 0 Å². The summed E-state index contributed by atoms with van der Waals surface area (Å²) < 4.78 is 24.6. The molecule has 1 aliphatic rings. The molecule has 1 atom stereocenters. The molecule has 5 nitrogen and oxygen atoms in total. The first-order valence-corrected chi connectivity index (χ1v) is 8.25. The lowest BCUT2D eigenvalue weighted by molar-refractivity contribution is 0.165. The SMILES string of the molecule is CC(C)N(CC#N)CC1CCCN(S(C)(=O)=O)C1. The van der Waals surface area contributed by atoms with Gasteiger partial charge >= 0.3 is 0 Å². The van der Waals surface area contributed by atoms with E-state index in [0.717, 1.165) is 19.4 Å². The number of rotatable bonds is 5. The number of piperidine rings is 1. The highest BCUT2D eigenvalue weighted by Gasteiger charge is 2.27. The van der Waals surface area contributed by atoms with Crippen LogP contribution in [0.15, 0.2) is 0 Å². The summed E-state index contributed by atoms with van der Waals surface area (Å²) in [5.74, 6) is 0.337. The van der Waals surface area contributed by atoms with Gasteiger partial charge in [0.15, 0.2) is 0 Å². The van der Waals surface area contributed by atoms with Crippen molar-refractivity contribution in [3.63, 3.8) is 0 Å². The summed E-state index contributed by atoms with van der Waals surface area (Å²) >= 11 is 0. The molecule has 0 aromatic rings. The van der Waals surface area contributed by atoms with Crippen molar-refractivity contribution in [2.45, 2.75) is 32.7 Å². The van der Waals surface area contributed by atoms with Gasteiger partial charge in [0.25, 0.3) is 0 Å².